The van der Waals surface area contributed by atoms with Crippen LogP contribution in [0.2, 0.25) is 0 Å². The lowest BCUT2D eigenvalue weighted by atomic mass is 9.86. The van der Waals surface area contributed by atoms with Gasteiger partial charge in [-0.2, -0.15) is 5.10 Å². The fourth-order valence-electron chi connectivity index (χ4n) is 4.23. The summed E-state index contributed by atoms with van der Waals surface area (Å²) in [6.07, 6.45) is 1.94. The van der Waals surface area contributed by atoms with Crippen LogP contribution in [0.5, 0.6) is 5.75 Å². The molecule has 6 N–H and O–H groups in total. The number of carbonyl (C=O) groups is 3. The zero-order chi connectivity index (χ0) is 24.9. The lowest BCUT2D eigenvalue weighted by Gasteiger charge is -2.25. The highest BCUT2D eigenvalue weighted by molar-refractivity contribution is 6.02. The third-order valence-electron chi connectivity index (χ3n) is 5.99. The molecule has 1 unspecified atom stereocenters. The van der Waals surface area contributed by atoms with Crippen LogP contribution in [0, 0.1) is 0 Å². The molecule has 182 valence electrons. The van der Waals surface area contributed by atoms with Crippen molar-refractivity contribution in [3.05, 3.63) is 71.0 Å². The Morgan fingerprint density at radius 3 is 2.46 bits per heavy atom. The van der Waals surface area contributed by atoms with Crippen LogP contribution in [0.3, 0.4) is 0 Å². The van der Waals surface area contributed by atoms with Gasteiger partial charge in [0.25, 0.3) is 11.8 Å². The Kier molecular flexibility index (Phi) is 7.00. The predicted octanol–water partition coefficient (Wildman–Crippen LogP) is 1.92. The summed E-state index contributed by atoms with van der Waals surface area (Å²) in [5, 5.41) is 10.7. The number of hydrogen-bond donors (Lipinski definition) is 4. The number of rotatable bonds is 10. The Hall–Kier alpha value is -4.34. The maximum absolute atomic E-state index is 12.9. The number of nitrogens with zero attached hydrogens (tertiary/aromatic N) is 2. The smallest absolute Gasteiger partial charge is 0.270 e. The summed E-state index contributed by atoms with van der Waals surface area (Å²) >= 11 is 0. The number of unbranched alkanes of at least 4 members (excludes halogenated alkanes) is 1. The van der Waals surface area contributed by atoms with E-state index in [2.05, 4.69) is 15.7 Å². The van der Waals surface area contributed by atoms with Crippen molar-refractivity contribution >= 4 is 23.4 Å². The van der Waals surface area contributed by atoms with Crippen LogP contribution < -0.4 is 26.8 Å². The van der Waals surface area contributed by atoms with Crippen LogP contribution in [-0.4, -0.2) is 47.7 Å². The van der Waals surface area contributed by atoms with Crippen LogP contribution in [0.15, 0.2) is 48.5 Å². The summed E-state index contributed by atoms with van der Waals surface area (Å²) < 4.78 is 6.66. The van der Waals surface area contributed by atoms with Crippen molar-refractivity contribution in [2.75, 3.05) is 25.5 Å². The molecule has 10 nitrogen and oxygen atoms in total. The van der Waals surface area contributed by atoms with Crippen molar-refractivity contribution in [3.63, 3.8) is 0 Å². The molecule has 0 saturated heterocycles. The second kappa shape index (κ2) is 10.3. The first-order valence-corrected chi connectivity index (χ1v) is 11.4. The van der Waals surface area contributed by atoms with Crippen LogP contribution in [0.25, 0.3) is 5.69 Å². The molecule has 0 radical (unpaired) electrons. The van der Waals surface area contributed by atoms with Gasteiger partial charge in [-0.3, -0.25) is 14.4 Å². The third-order valence-corrected chi connectivity index (χ3v) is 5.99. The minimum Gasteiger partial charge on any atom is -0.497 e. The zero-order valence-electron chi connectivity index (χ0n) is 19.4. The lowest BCUT2D eigenvalue weighted by molar-refractivity contribution is -0.118. The molecule has 4 rings (SSSR count). The van der Waals surface area contributed by atoms with Gasteiger partial charge in [-0.05, 0) is 54.8 Å². The number of nitrogens with one attached hydrogen (secondary N) is 2. The van der Waals surface area contributed by atoms with Crippen LogP contribution >= 0.6 is 0 Å². The van der Waals surface area contributed by atoms with Crippen molar-refractivity contribution in [3.8, 4) is 11.4 Å². The maximum atomic E-state index is 12.9. The minimum atomic E-state index is -0.692. The van der Waals surface area contributed by atoms with Crippen molar-refractivity contribution in [2.24, 2.45) is 11.5 Å². The molecule has 1 atom stereocenters. The Balaban J connectivity index is 1.61. The van der Waals surface area contributed by atoms with Gasteiger partial charge in [-0.25, -0.2) is 4.68 Å². The molecule has 1 aromatic heterocycles. The average molecular weight is 477 g/mol. The fraction of sp³-hybridized carbons (Fsp3) is 0.280. The van der Waals surface area contributed by atoms with E-state index in [9.17, 15) is 14.4 Å². The Bertz CT molecular complexity index is 1230. The largest absolute Gasteiger partial charge is 0.497 e. The predicted molar refractivity (Wildman–Crippen MR) is 131 cm³/mol. The minimum absolute atomic E-state index is 0.0762. The van der Waals surface area contributed by atoms with Gasteiger partial charge in [-0.15, -0.1) is 0 Å². The quantitative estimate of drug-likeness (QED) is 0.328. The van der Waals surface area contributed by atoms with E-state index in [-0.39, 0.29) is 29.1 Å². The molecule has 2 heterocycles. The molecule has 10 heteroatoms. The van der Waals surface area contributed by atoms with Crippen molar-refractivity contribution in [1.82, 2.24) is 15.1 Å². The van der Waals surface area contributed by atoms with E-state index < -0.39 is 5.91 Å². The summed E-state index contributed by atoms with van der Waals surface area (Å²) in [7, 11) is 1.57. The van der Waals surface area contributed by atoms with Gasteiger partial charge in [0.15, 0.2) is 5.69 Å². The van der Waals surface area contributed by atoms with E-state index in [0.717, 1.165) is 30.6 Å². The number of methoxy groups -OCH3 is 1. The molecule has 3 amide bonds. The number of carbonyl (C=O) groups excluding carboxylic acids is 3. The van der Waals surface area contributed by atoms with Crippen LogP contribution in [0.1, 0.15) is 57.3 Å². The summed E-state index contributed by atoms with van der Waals surface area (Å²) in [4.78, 5) is 36.1. The number of fused-ring (bicyclic) bond motifs is 1. The highest BCUT2D eigenvalue weighted by atomic mass is 16.5. The molecular formula is C25H28N6O4. The van der Waals surface area contributed by atoms with Gasteiger partial charge < -0.3 is 26.8 Å². The third kappa shape index (κ3) is 5.11. The van der Waals surface area contributed by atoms with E-state index in [4.69, 9.17) is 16.2 Å². The van der Waals surface area contributed by atoms with Gasteiger partial charge in [0, 0.05) is 36.7 Å². The Morgan fingerprint density at radius 1 is 1.11 bits per heavy atom. The van der Waals surface area contributed by atoms with Crippen LogP contribution in [0.4, 0.5) is 5.69 Å². The number of aromatic nitrogens is 2. The average Bonchev–Trinajstić information content (AvgIpc) is 3.26. The molecule has 3 aromatic rings. The van der Waals surface area contributed by atoms with E-state index in [1.54, 1.807) is 31.4 Å². The standard InChI is InChI=1S/C25H28N6O4/c1-35-18-11-9-17(10-12-18)31-23-21(22(30-31)24(27)33)19(14-29-25(23)34)15-5-7-16(8-6-15)28-13-3-2-4-20(26)32/h5-12,19,28H,2-4,13-14H2,1H3,(H2,26,32)(H2,27,33)(H,29,34). The summed E-state index contributed by atoms with van der Waals surface area (Å²) in [5.74, 6) is -0.932. The van der Waals surface area contributed by atoms with E-state index in [1.807, 2.05) is 24.3 Å². The normalized spacial score (nSPS) is 14.7. The van der Waals surface area contributed by atoms with E-state index >= 15 is 0 Å². The van der Waals surface area contributed by atoms with Gasteiger partial charge in [0.2, 0.25) is 5.91 Å². The van der Waals surface area contributed by atoms with Gasteiger partial charge in [0.05, 0.1) is 12.8 Å². The molecule has 0 bridgehead atoms. The number of primary amides is 2. The first-order valence-electron chi connectivity index (χ1n) is 11.4. The SMILES string of the molecule is COc1ccc(-n2nc(C(N)=O)c3c2C(=O)NCC3c2ccc(NCCCCC(N)=O)cc2)cc1. The highest BCUT2D eigenvalue weighted by Crippen LogP contribution is 2.34. The number of amides is 3. The molecule has 2 aromatic carbocycles. The van der Waals surface area contributed by atoms with Gasteiger partial charge >= 0.3 is 0 Å². The molecule has 1 aliphatic heterocycles. The number of ether oxygens (including phenoxy) is 1. The summed E-state index contributed by atoms with van der Waals surface area (Å²) in [6.45, 7) is 1.04. The number of nitrogens with two attached hydrogens (primary N) is 2. The van der Waals surface area contributed by atoms with Gasteiger partial charge in [0.1, 0.15) is 11.4 Å². The molecule has 35 heavy (non-hydrogen) atoms. The number of anilines is 1. The van der Waals surface area contributed by atoms with Crippen LogP contribution in [-0.2, 0) is 4.79 Å². The van der Waals surface area contributed by atoms with Gasteiger partial charge in [-0.1, -0.05) is 12.1 Å². The van der Waals surface area contributed by atoms with Crippen molar-refractivity contribution in [2.45, 2.75) is 25.2 Å². The monoisotopic (exact) mass is 476 g/mol. The van der Waals surface area contributed by atoms with Crippen molar-refractivity contribution < 1.29 is 19.1 Å². The fourth-order valence-corrected chi connectivity index (χ4v) is 4.23. The number of benzene rings is 2. The molecule has 0 fully saturated rings. The Labute approximate surface area is 202 Å². The molecule has 0 aliphatic carbocycles. The maximum Gasteiger partial charge on any atom is 0.270 e. The summed E-state index contributed by atoms with van der Waals surface area (Å²) in [6, 6.07) is 14.8. The van der Waals surface area contributed by atoms with Crippen molar-refractivity contribution in [1.29, 1.82) is 0 Å². The second-order valence-electron chi connectivity index (χ2n) is 8.32. The first-order chi connectivity index (χ1) is 16.9. The van der Waals surface area contributed by atoms with E-state index in [0.29, 0.717) is 30.0 Å². The summed E-state index contributed by atoms with van der Waals surface area (Å²) in [5.41, 5.74) is 14.2. The molecule has 1 aliphatic rings. The number of hydrogen-bond acceptors (Lipinski definition) is 6. The highest BCUT2D eigenvalue weighted by Gasteiger charge is 2.36. The molecular weight excluding hydrogens is 448 g/mol. The lowest BCUT2D eigenvalue weighted by Crippen LogP contribution is -2.37. The Morgan fingerprint density at radius 2 is 1.83 bits per heavy atom. The second-order valence-corrected chi connectivity index (χ2v) is 8.32. The first kappa shape index (κ1) is 23.8. The van der Waals surface area contributed by atoms with E-state index in [1.165, 1.54) is 4.68 Å². The topological polar surface area (TPSA) is 154 Å². The molecule has 0 spiro atoms. The zero-order valence-corrected chi connectivity index (χ0v) is 19.4. The molecule has 0 saturated carbocycles.